The van der Waals surface area contributed by atoms with E-state index in [1.807, 2.05) is 6.07 Å². The summed E-state index contributed by atoms with van der Waals surface area (Å²) >= 11 is 0. The van der Waals surface area contributed by atoms with Gasteiger partial charge in [-0.15, -0.1) is 0 Å². The van der Waals surface area contributed by atoms with E-state index in [4.69, 9.17) is 10.5 Å². The fourth-order valence-corrected chi connectivity index (χ4v) is 2.31. The highest BCUT2D eigenvalue weighted by molar-refractivity contribution is 5.91. The molecular formula is C13H16N2O3. The van der Waals surface area contributed by atoms with Crippen LogP contribution in [0.25, 0.3) is 0 Å². The van der Waals surface area contributed by atoms with Gasteiger partial charge in [-0.25, -0.2) is 4.98 Å². The first kappa shape index (κ1) is 12.5. The molecular weight excluding hydrogens is 232 g/mol. The van der Waals surface area contributed by atoms with Crippen LogP contribution in [0.5, 0.6) is 5.88 Å². The molecule has 1 aromatic rings. The van der Waals surface area contributed by atoms with Crippen molar-refractivity contribution in [3.05, 3.63) is 23.4 Å². The van der Waals surface area contributed by atoms with E-state index in [1.165, 1.54) is 7.11 Å². The van der Waals surface area contributed by atoms with E-state index in [-0.39, 0.29) is 11.6 Å². The van der Waals surface area contributed by atoms with Gasteiger partial charge in [0.05, 0.1) is 7.11 Å². The van der Waals surface area contributed by atoms with E-state index >= 15 is 0 Å². The number of amides is 1. The molecule has 0 unspecified atom stereocenters. The van der Waals surface area contributed by atoms with Gasteiger partial charge in [-0.05, 0) is 24.8 Å². The molecule has 0 spiro atoms. The molecule has 1 heterocycles. The number of hydrogen-bond acceptors (Lipinski definition) is 4. The summed E-state index contributed by atoms with van der Waals surface area (Å²) in [6, 6.07) is 3.43. The Morgan fingerprint density at radius 3 is 2.61 bits per heavy atom. The maximum Gasteiger partial charge on any atom is 0.267 e. The number of primary amides is 1. The standard InChI is InChI=1S/C13H16N2O3/c1-18-13-10(6-7-11(15-13)12(14)17)8-2-4-9(16)5-3-8/h6-8H,2-5H2,1H3,(H2,14,17). The van der Waals surface area contributed by atoms with Crippen molar-refractivity contribution in [2.75, 3.05) is 7.11 Å². The van der Waals surface area contributed by atoms with Crippen molar-refractivity contribution in [3.8, 4) is 5.88 Å². The van der Waals surface area contributed by atoms with Gasteiger partial charge in [0.25, 0.3) is 5.91 Å². The van der Waals surface area contributed by atoms with Crippen molar-refractivity contribution >= 4 is 11.7 Å². The SMILES string of the molecule is COc1nc(C(N)=O)ccc1C1CCC(=O)CC1. The average Bonchev–Trinajstić information content (AvgIpc) is 2.39. The lowest BCUT2D eigenvalue weighted by Gasteiger charge is -2.22. The zero-order valence-corrected chi connectivity index (χ0v) is 10.3. The number of nitrogens with two attached hydrogens (primary N) is 1. The number of nitrogens with zero attached hydrogens (tertiary/aromatic N) is 1. The Labute approximate surface area is 105 Å². The Morgan fingerprint density at radius 2 is 2.06 bits per heavy atom. The molecule has 1 aliphatic carbocycles. The zero-order valence-electron chi connectivity index (χ0n) is 10.3. The largest absolute Gasteiger partial charge is 0.481 e. The van der Waals surface area contributed by atoms with Crippen LogP contribution in [0.15, 0.2) is 12.1 Å². The summed E-state index contributed by atoms with van der Waals surface area (Å²) in [4.78, 5) is 26.4. The normalized spacial score (nSPS) is 16.6. The van der Waals surface area contributed by atoms with Crippen LogP contribution in [0.3, 0.4) is 0 Å². The summed E-state index contributed by atoms with van der Waals surface area (Å²) in [6.07, 6.45) is 2.83. The Balaban J connectivity index is 2.27. The fourth-order valence-electron chi connectivity index (χ4n) is 2.31. The van der Waals surface area contributed by atoms with Crippen molar-refractivity contribution in [1.29, 1.82) is 0 Å². The number of hydrogen-bond donors (Lipinski definition) is 1. The molecule has 1 saturated carbocycles. The summed E-state index contributed by atoms with van der Waals surface area (Å²) in [7, 11) is 1.52. The molecule has 5 heteroatoms. The number of aromatic nitrogens is 1. The summed E-state index contributed by atoms with van der Waals surface area (Å²) in [5, 5.41) is 0. The molecule has 0 aromatic carbocycles. The number of carbonyl (C=O) groups is 2. The molecule has 2 N–H and O–H groups in total. The van der Waals surface area contributed by atoms with Gasteiger partial charge in [-0.1, -0.05) is 6.07 Å². The lowest BCUT2D eigenvalue weighted by Crippen LogP contribution is -2.16. The molecule has 0 saturated heterocycles. The van der Waals surface area contributed by atoms with Crippen LogP contribution in [0, 0.1) is 0 Å². The maximum absolute atomic E-state index is 11.2. The molecule has 1 fully saturated rings. The summed E-state index contributed by atoms with van der Waals surface area (Å²) < 4.78 is 5.21. The van der Waals surface area contributed by atoms with Gasteiger partial charge in [0.15, 0.2) is 0 Å². The van der Waals surface area contributed by atoms with Crippen LogP contribution < -0.4 is 10.5 Å². The van der Waals surface area contributed by atoms with Crippen LogP contribution in [-0.4, -0.2) is 23.8 Å². The second-order valence-corrected chi connectivity index (χ2v) is 4.47. The highest BCUT2D eigenvalue weighted by Gasteiger charge is 2.24. The third kappa shape index (κ3) is 2.50. The third-order valence-corrected chi connectivity index (χ3v) is 3.32. The van der Waals surface area contributed by atoms with Gasteiger partial charge in [0.2, 0.25) is 5.88 Å². The Bertz CT molecular complexity index is 475. The fraction of sp³-hybridized carbons (Fsp3) is 0.462. The van der Waals surface area contributed by atoms with Gasteiger partial charge < -0.3 is 10.5 Å². The number of ketones is 1. The lowest BCUT2D eigenvalue weighted by atomic mass is 9.84. The molecule has 0 bridgehead atoms. The maximum atomic E-state index is 11.2. The summed E-state index contributed by atoms with van der Waals surface area (Å²) in [6.45, 7) is 0. The quantitative estimate of drug-likeness (QED) is 0.876. The predicted octanol–water partition coefficient (Wildman–Crippen LogP) is 1.42. The minimum Gasteiger partial charge on any atom is -0.481 e. The first-order valence-corrected chi connectivity index (χ1v) is 5.98. The molecule has 18 heavy (non-hydrogen) atoms. The van der Waals surface area contributed by atoms with Gasteiger partial charge in [-0.3, -0.25) is 9.59 Å². The zero-order chi connectivity index (χ0) is 13.1. The van der Waals surface area contributed by atoms with Crippen molar-refractivity contribution in [2.45, 2.75) is 31.6 Å². The first-order chi connectivity index (χ1) is 8.61. The topological polar surface area (TPSA) is 82.3 Å². The summed E-state index contributed by atoms with van der Waals surface area (Å²) in [5.74, 6) is 0.448. The molecule has 0 radical (unpaired) electrons. The van der Waals surface area contributed by atoms with Crippen molar-refractivity contribution in [1.82, 2.24) is 4.98 Å². The van der Waals surface area contributed by atoms with Crippen LogP contribution in [0.1, 0.15) is 47.7 Å². The smallest absolute Gasteiger partial charge is 0.267 e. The second kappa shape index (κ2) is 5.16. The Hall–Kier alpha value is -1.91. The van der Waals surface area contributed by atoms with Gasteiger partial charge in [-0.2, -0.15) is 0 Å². The van der Waals surface area contributed by atoms with Crippen LogP contribution in [0.4, 0.5) is 0 Å². The number of pyridine rings is 1. The third-order valence-electron chi connectivity index (χ3n) is 3.32. The molecule has 1 aliphatic rings. The molecule has 1 aromatic heterocycles. The predicted molar refractivity (Wildman–Crippen MR) is 65.5 cm³/mol. The van der Waals surface area contributed by atoms with E-state index in [2.05, 4.69) is 4.98 Å². The second-order valence-electron chi connectivity index (χ2n) is 4.47. The van der Waals surface area contributed by atoms with Crippen LogP contribution in [0.2, 0.25) is 0 Å². The van der Waals surface area contributed by atoms with E-state index in [0.717, 1.165) is 18.4 Å². The molecule has 96 valence electrons. The van der Waals surface area contributed by atoms with Crippen LogP contribution >= 0.6 is 0 Å². The number of rotatable bonds is 3. The number of Topliss-reactive ketones (excluding diaryl/α,β-unsaturated/α-hetero) is 1. The van der Waals surface area contributed by atoms with E-state index < -0.39 is 5.91 Å². The van der Waals surface area contributed by atoms with E-state index in [9.17, 15) is 9.59 Å². The minimum absolute atomic E-state index is 0.197. The monoisotopic (exact) mass is 248 g/mol. The number of ether oxygens (including phenoxy) is 1. The Kier molecular flexibility index (Phi) is 3.60. The highest BCUT2D eigenvalue weighted by Crippen LogP contribution is 2.35. The number of carbonyl (C=O) groups excluding carboxylic acids is 2. The van der Waals surface area contributed by atoms with Crippen molar-refractivity contribution in [3.63, 3.8) is 0 Å². The van der Waals surface area contributed by atoms with Crippen molar-refractivity contribution in [2.24, 2.45) is 5.73 Å². The van der Waals surface area contributed by atoms with E-state index in [1.54, 1.807) is 6.07 Å². The van der Waals surface area contributed by atoms with E-state index in [0.29, 0.717) is 24.5 Å². The summed E-state index contributed by atoms with van der Waals surface area (Å²) in [5.41, 5.74) is 6.33. The molecule has 5 nitrogen and oxygen atoms in total. The number of methoxy groups -OCH3 is 1. The molecule has 0 atom stereocenters. The highest BCUT2D eigenvalue weighted by atomic mass is 16.5. The first-order valence-electron chi connectivity index (χ1n) is 5.98. The van der Waals surface area contributed by atoms with Gasteiger partial charge in [0, 0.05) is 18.4 Å². The van der Waals surface area contributed by atoms with Crippen LogP contribution in [-0.2, 0) is 4.79 Å². The minimum atomic E-state index is -0.571. The van der Waals surface area contributed by atoms with Crippen molar-refractivity contribution < 1.29 is 14.3 Å². The van der Waals surface area contributed by atoms with Gasteiger partial charge >= 0.3 is 0 Å². The lowest BCUT2D eigenvalue weighted by molar-refractivity contribution is -0.120. The van der Waals surface area contributed by atoms with Gasteiger partial charge in [0.1, 0.15) is 11.5 Å². The Morgan fingerprint density at radius 1 is 1.39 bits per heavy atom. The average molecular weight is 248 g/mol. The molecule has 2 rings (SSSR count). The molecule has 0 aliphatic heterocycles. The molecule has 1 amide bonds.